The third-order valence-corrected chi connectivity index (χ3v) is 5.74. The molecule has 2 fully saturated rings. The highest BCUT2D eigenvalue weighted by molar-refractivity contribution is 6.30. The van der Waals surface area contributed by atoms with E-state index in [-0.39, 0.29) is 11.8 Å². The van der Waals surface area contributed by atoms with Gasteiger partial charge in [0, 0.05) is 29.4 Å². The summed E-state index contributed by atoms with van der Waals surface area (Å²) in [6.07, 6.45) is 4.15. The number of benzene rings is 2. The summed E-state index contributed by atoms with van der Waals surface area (Å²) in [7, 11) is 0. The maximum absolute atomic E-state index is 13.1. The molecule has 26 heavy (non-hydrogen) atoms. The number of nitrogens with one attached hydrogen (secondary N) is 1. The maximum atomic E-state index is 13.1. The van der Waals surface area contributed by atoms with Crippen molar-refractivity contribution in [1.82, 2.24) is 0 Å². The maximum Gasteiger partial charge on any atom is 0.235 e. The fourth-order valence-corrected chi connectivity index (χ4v) is 4.08. The van der Waals surface area contributed by atoms with Crippen molar-refractivity contribution in [3.63, 3.8) is 0 Å². The lowest BCUT2D eigenvalue weighted by molar-refractivity contribution is -0.124. The average Bonchev–Trinajstić information content (AvgIpc) is 3.00. The van der Waals surface area contributed by atoms with Crippen LogP contribution in [0.15, 0.2) is 48.5 Å². The molecule has 0 unspecified atom stereocenters. The zero-order chi connectivity index (χ0) is 18.1. The molecular formula is C21H21ClN2O2. The molecule has 0 bridgehead atoms. The Hall–Kier alpha value is -2.33. The third-order valence-electron chi connectivity index (χ3n) is 5.51. The second-order valence-corrected chi connectivity index (χ2v) is 7.54. The predicted molar refractivity (Wildman–Crippen MR) is 104 cm³/mol. The fourth-order valence-electron chi connectivity index (χ4n) is 3.89. The van der Waals surface area contributed by atoms with Gasteiger partial charge >= 0.3 is 0 Å². The fraction of sp³-hybridized carbons (Fsp3) is 0.333. The van der Waals surface area contributed by atoms with Crippen molar-refractivity contribution >= 4 is 34.8 Å². The molecule has 1 N–H and O–H groups in total. The number of anilines is 2. The van der Waals surface area contributed by atoms with Gasteiger partial charge in [-0.3, -0.25) is 9.59 Å². The van der Waals surface area contributed by atoms with Crippen LogP contribution in [0.2, 0.25) is 5.02 Å². The van der Waals surface area contributed by atoms with Crippen molar-refractivity contribution < 1.29 is 9.59 Å². The van der Waals surface area contributed by atoms with Crippen molar-refractivity contribution in [2.75, 3.05) is 16.8 Å². The molecule has 1 saturated carbocycles. The van der Waals surface area contributed by atoms with E-state index in [1.807, 2.05) is 48.5 Å². The van der Waals surface area contributed by atoms with Crippen molar-refractivity contribution in [1.29, 1.82) is 0 Å². The molecular weight excluding hydrogens is 348 g/mol. The Balaban J connectivity index is 1.57. The number of amides is 2. The van der Waals surface area contributed by atoms with Crippen LogP contribution in [-0.4, -0.2) is 18.4 Å². The van der Waals surface area contributed by atoms with E-state index in [2.05, 4.69) is 5.32 Å². The molecule has 5 heteroatoms. The largest absolute Gasteiger partial charge is 0.325 e. The first-order chi connectivity index (χ1) is 12.6. The minimum absolute atomic E-state index is 0.00378. The number of carbonyl (C=O) groups is 2. The van der Waals surface area contributed by atoms with E-state index < -0.39 is 5.41 Å². The monoisotopic (exact) mass is 368 g/mol. The molecule has 0 spiro atoms. The summed E-state index contributed by atoms with van der Waals surface area (Å²) in [6.45, 7) is 0.739. The normalized spacial score (nSPS) is 18.5. The smallest absolute Gasteiger partial charge is 0.235 e. The van der Waals surface area contributed by atoms with Gasteiger partial charge in [-0.05, 0) is 55.2 Å². The topological polar surface area (TPSA) is 49.4 Å². The minimum Gasteiger partial charge on any atom is -0.325 e. The Kier molecular flexibility index (Phi) is 4.45. The molecule has 1 heterocycles. The van der Waals surface area contributed by atoms with Crippen LogP contribution < -0.4 is 10.2 Å². The molecule has 134 valence electrons. The number of rotatable bonds is 4. The van der Waals surface area contributed by atoms with Crippen LogP contribution in [0.5, 0.6) is 0 Å². The molecule has 0 radical (unpaired) electrons. The summed E-state index contributed by atoms with van der Waals surface area (Å²) in [6, 6.07) is 15.1. The molecule has 2 aliphatic rings. The second-order valence-electron chi connectivity index (χ2n) is 7.10. The lowest BCUT2D eigenvalue weighted by atomic mass is 9.64. The first-order valence-electron chi connectivity index (χ1n) is 9.06. The lowest BCUT2D eigenvalue weighted by Crippen LogP contribution is -2.46. The molecule has 4 nitrogen and oxygen atoms in total. The van der Waals surface area contributed by atoms with Crippen molar-refractivity contribution in [2.45, 2.75) is 37.5 Å². The van der Waals surface area contributed by atoms with Gasteiger partial charge in [-0.25, -0.2) is 0 Å². The number of nitrogens with zero attached hydrogens (tertiary/aromatic N) is 1. The van der Waals surface area contributed by atoms with Crippen LogP contribution in [0.4, 0.5) is 11.4 Å². The molecule has 0 aromatic heterocycles. The molecule has 2 amide bonds. The Bertz CT molecular complexity index is 861. The first-order valence-corrected chi connectivity index (χ1v) is 9.44. The van der Waals surface area contributed by atoms with Gasteiger partial charge in [-0.2, -0.15) is 0 Å². The Morgan fingerprint density at radius 3 is 2.54 bits per heavy atom. The Morgan fingerprint density at radius 2 is 1.88 bits per heavy atom. The summed E-state index contributed by atoms with van der Waals surface area (Å²) < 4.78 is 0. The SMILES string of the molecule is O=C1CCCN1c1cccc(NC(=O)C2(c3cccc(Cl)c3)CCC2)c1. The summed E-state index contributed by atoms with van der Waals surface area (Å²) >= 11 is 6.13. The van der Waals surface area contributed by atoms with Gasteiger partial charge in [0.1, 0.15) is 0 Å². The van der Waals surface area contributed by atoms with Crippen molar-refractivity contribution in [3.05, 3.63) is 59.1 Å². The average molecular weight is 369 g/mol. The number of hydrogen-bond donors (Lipinski definition) is 1. The zero-order valence-corrected chi connectivity index (χ0v) is 15.3. The van der Waals surface area contributed by atoms with E-state index in [4.69, 9.17) is 11.6 Å². The lowest BCUT2D eigenvalue weighted by Gasteiger charge is -2.40. The third kappa shape index (κ3) is 2.99. The van der Waals surface area contributed by atoms with E-state index in [1.165, 1.54) is 0 Å². The standard InChI is InChI=1S/C21H21ClN2O2/c22-16-6-1-5-15(13-16)21(10-4-11-21)20(26)23-17-7-2-8-18(14-17)24-12-3-9-19(24)25/h1-2,5-8,13-14H,3-4,9-12H2,(H,23,26). The molecule has 2 aromatic carbocycles. The van der Waals surface area contributed by atoms with Gasteiger partial charge in [-0.1, -0.05) is 36.2 Å². The first kappa shape index (κ1) is 17.1. The minimum atomic E-state index is -0.510. The van der Waals surface area contributed by atoms with Gasteiger partial charge in [-0.15, -0.1) is 0 Å². The quantitative estimate of drug-likeness (QED) is 0.862. The summed E-state index contributed by atoms with van der Waals surface area (Å²) in [4.78, 5) is 26.8. The van der Waals surface area contributed by atoms with Gasteiger partial charge in [0.2, 0.25) is 11.8 Å². The predicted octanol–water partition coefficient (Wildman–Crippen LogP) is 4.53. The van der Waals surface area contributed by atoms with Crippen LogP contribution in [-0.2, 0) is 15.0 Å². The summed E-state index contributed by atoms with van der Waals surface area (Å²) in [5.41, 5.74) is 2.03. The van der Waals surface area contributed by atoms with Crippen LogP contribution >= 0.6 is 11.6 Å². The van der Waals surface area contributed by atoms with Gasteiger partial charge < -0.3 is 10.2 Å². The van der Waals surface area contributed by atoms with E-state index in [1.54, 1.807) is 4.90 Å². The molecule has 0 atom stereocenters. The van der Waals surface area contributed by atoms with Crippen molar-refractivity contribution in [3.8, 4) is 0 Å². The van der Waals surface area contributed by atoms with E-state index >= 15 is 0 Å². The van der Waals surface area contributed by atoms with E-state index in [0.717, 1.165) is 49.2 Å². The van der Waals surface area contributed by atoms with E-state index in [0.29, 0.717) is 11.4 Å². The highest BCUT2D eigenvalue weighted by Crippen LogP contribution is 2.45. The zero-order valence-electron chi connectivity index (χ0n) is 14.5. The molecule has 1 saturated heterocycles. The van der Waals surface area contributed by atoms with E-state index in [9.17, 15) is 9.59 Å². The molecule has 2 aromatic rings. The van der Waals surface area contributed by atoms with Crippen LogP contribution in [0.1, 0.15) is 37.7 Å². The van der Waals surface area contributed by atoms with Gasteiger partial charge in [0.05, 0.1) is 5.41 Å². The Labute approximate surface area is 158 Å². The van der Waals surface area contributed by atoms with Crippen LogP contribution in [0, 0.1) is 0 Å². The molecule has 4 rings (SSSR count). The van der Waals surface area contributed by atoms with Crippen LogP contribution in [0.25, 0.3) is 0 Å². The second kappa shape index (κ2) is 6.76. The molecule has 1 aliphatic carbocycles. The summed E-state index contributed by atoms with van der Waals surface area (Å²) in [5, 5.41) is 3.71. The Morgan fingerprint density at radius 1 is 1.08 bits per heavy atom. The van der Waals surface area contributed by atoms with Crippen molar-refractivity contribution in [2.24, 2.45) is 0 Å². The highest BCUT2D eigenvalue weighted by Gasteiger charge is 2.45. The number of carbonyl (C=O) groups excluding carboxylic acids is 2. The van der Waals surface area contributed by atoms with Gasteiger partial charge in [0.15, 0.2) is 0 Å². The number of hydrogen-bond acceptors (Lipinski definition) is 2. The van der Waals surface area contributed by atoms with Crippen LogP contribution in [0.3, 0.4) is 0 Å². The number of halogens is 1. The highest BCUT2D eigenvalue weighted by atomic mass is 35.5. The summed E-state index contributed by atoms with van der Waals surface area (Å²) in [5.74, 6) is 0.138. The van der Waals surface area contributed by atoms with Gasteiger partial charge in [0.25, 0.3) is 0 Å². The molecule has 1 aliphatic heterocycles.